The maximum Gasteiger partial charge on any atom is 0.198 e. The van der Waals surface area contributed by atoms with E-state index in [1.165, 1.54) is 31.4 Å². The lowest BCUT2D eigenvalue weighted by atomic mass is 10.0. The van der Waals surface area contributed by atoms with Crippen molar-refractivity contribution in [1.29, 1.82) is 0 Å². The molecule has 164 valence electrons. The highest BCUT2D eigenvalue weighted by Crippen LogP contribution is 2.35. The van der Waals surface area contributed by atoms with Gasteiger partial charge in [0.1, 0.15) is 5.82 Å². The Morgan fingerprint density at radius 1 is 0.839 bits per heavy atom. The van der Waals surface area contributed by atoms with Gasteiger partial charge in [-0.1, -0.05) is 19.1 Å². The van der Waals surface area contributed by atoms with Crippen LogP contribution in [0.3, 0.4) is 0 Å². The van der Waals surface area contributed by atoms with E-state index in [4.69, 9.17) is 4.74 Å². The summed E-state index contributed by atoms with van der Waals surface area (Å²) in [4.78, 5) is -0.562. The first-order valence-corrected chi connectivity index (χ1v) is 9.96. The Balaban J connectivity index is 1.97. The summed E-state index contributed by atoms with van der Waals surface area (Å²) in [6, 6.07) is 7.88. The predicted molar refractivity (Wildman–Crippen MR) is 107 cm³/mol. The first-order chi connectivity index (χ1) is 14.8. The zero-order valence-electron chi connectivity index (χ0n) is 16.5. The van der Waals surface area contributed by atoms with Crippen LogP contribution < -0.4 is 9.46 Å². The number of benzene rings is 3. The van der Waals surface area contributed by atoms with Crippen LogP contribution in [0, 0.1) is 34.9 Å². The molecule has 0 saturated heterocycles. The van der Waals surface area contributed by atoms with Crippen LogP contribution in [0.4, 0.5) is 32.0 Å². The van der Waals surface area contributed by atoms with E-state index >= 15 is 0 Å². The largest absolute Gasteiger partial charge is 0.494 e. The van der Waals surface area contributed by atoms with E-state index in [0.717, 1.165) is 12.1 Å². The molecule has 0 heterocycles. The van der Waals surface area contributed by atoms with Gasteiger partial charge in [-0.05, 0) is 47.7 Å². The van der Waals surface area contributed by atoms with Gasteiger partial charge < -0.3 is 9.46 Å². The summed E-state index contributed by atoms with van der Waals surface area (Å²) in [5.41, 5.74) is 0.332. The van der Waals surface area contributed by atoms with Crippen LogP contribution in [0.5, 0.6) is 5.75 Å². The molecular weight excluding hydrogens is 440 g/mol. The Labute approximate surface area is 179 Å². The molecule has 0 bridgehead atoms. The zero-order chi connectivity index (χ0) is 22.7. The third-order valence-corrected chi connectivity index (χ3v) is 5.59. The predicted octanol–water partition coefficient (Wildman–Crippen LogP) is 6.80. The number of halogens is 6. The Kier molecular flexibility index (Phi) is 7.04. The molecule has 0 aromatic heterocycles. The maximum absolute atomic E-state index is 14.5. The number of anilines is 1. The number of methoxy groups -OCH3 is 1. The molecule has 0 amide bonds. The van der Waals surface area contributed by atoms with Crippen molar-refractivity contribution in [1.82, 2.24) is 0 Å². The van der Waals surface area contributed by atoms with Crippen molar-refractivity contribution >= 4 is 17.6 Å². The van der Waals surface area contributed by atoms with Gasteiger partial charge in [-0.3, -0.25) is 0 Å². The van der Waals surface area contributed by atoms with Crippen LogP contribution in [-0.2, 0) is 12.8 Å². The molecule has 3 rings (SSSR count). The molecule has 31 heavy (non-hydrogen) atoms. The van der Waals surface area contributed by atoms with Gasteiger partial charge in [0, 0.05) is 23.7 Å². The number of nitrogens with one attached hydrogen (secondary N) is 1. The second kappa shape index (κ2) is 9.55. The molecule has 0 aliphatic heterocycles. The number of aryl methyl sites for hydroxylation is 1. The lowest BCUT2D eigenvalue weighted by Crippen LogP contribution is -2.08. The molecule has 2 nitrogen and oxygen atoms in total. The first kappa shape index (κ1) is 22.9. The van der Waals surface area contributed by atoms with Crippen LogP contribution in [0.1, 0.15) is 23.6 Å². The summed E-state index contributed by atoms with van der Waals surface area (Å²) in [5, 5.41) is 0. The third kappa shape index (κ3) is 4.76. The molecule has 0 unspecified atom stereocenters. The smallest absolute Gasteiger partial charge is 0.198 e. The number of ether oxygens (including phenoxy) is 1. The molecule has 1 N–H and O–H groups in total. The van der Waals surface area contributed by atoms with E-state index in [0.29, 0.717) is 23.9 Å². The highest BCUT2D eigenvalue weighted by Gasteiger charge is 2.26. The lowest BCUT2D eigenvalue weighted by Gasteiger charge is -2.15. The van der Waals surface area contributed by atoms with Gasteiger partial charge in [0.15, 0.2) is 34.8 Å². The summed E-state index contributed by atoms with van der Waals surface area (Å²) in [6.45, 7) is 1.75. The van der Waals surface area contributed by atoms with Crippen LogP contribution in [0.25, 0.3) is 0 Å². The molecule has 0 saturated carbocycles. The van der Waals surface area contributed by atoms with Crippen molar-refractivity contribution in [2.75, 3.05) is 11.8 Å². The topological polar surface area (TPSA) is 21.3 Å². The minimum atomic E-state index is -1.97. The Bertz CT molecular complexity index is 1120. The Hall–Kier alpha value is -2.81. The Morgan fingerprint density at radius 3 is 2.16 bits per heavy atom. The highest BCUT2D eigenvalue weighted by molar-refractivity contribution is 8.00. The van der Waals surface area contributed by atoms with Gasteiger partial charge in [-0.15, -0.1) is 0 Å². The van der Waals surface area contributed by atoms with Crippen molar-refractivity contribution in [2.24, 2.45) is 0 Å². The minimum Gasteiger partial charge on any atom is -0.494 e. The molecular formula is C22H17F6NOS. The van der Waals surface area contributed by atoms with Gasteiger partial charge in [-0.25, -0.2) is 26.3 Å². The average Bonchev–Trinajstić information content (AvgIpc) is 2.76. The fourth-order valence-electron chi connectivity index (χ4n) is 2.95. The SMILES string of the molecule is CCc1ccc(Cc2c(F)c(F)c(F)c(F)c2SNc2ccc(OC)c(F)c2)cc1F. The summed E-state index contributed by atoms with van der Waals surface area (Å²) < 4.78 is 92.1. The molecule has 0 aliphatic carbocycles. The monoisotopic (exact) mass is 457 g/mol. The molecule has 0 radical (unpaired) electrons. The van der Waals surface area contributed by atoms with Crippen molar-refractivity contribution in [3.63, 3.8) is 0 Å². The summed E-state index contributed by atoms with van der Waals surface area (Å²) in [7, 11) is 1.28. The fourth-order valence-corrected chi connectivity index (χ4v) is 3.76. The van der Waals surface area contributed by atoms with Gasteiger partial charge in [0.05, 0.1) is 12.0 Å². The van der Waals surface area contributed by atoms with Crippen molar-refractivity contribution in [2.45, 2.75) is 24.7 Å². The normalized spacial score (nSPS) is 11.0. The van der Waals surface area contributed by atoms with Crippen molar-refractivity contribution in [3.8, 4) is 5.75 Å². The van der Waals surface area contributed by atoms with Crippen LogP contribution in [0.15, 0.2) is 41.3 Å². The minimum absolute atomic E-state index is 0.0288. The molecule has 0 spiro atoms. The molecule has 9 heteroatoms. The van der Waals surface area contributed by atoms with E-state index in [9.17, 15) is 26.3 Å². The van der Waals surface area contributed by atoms with Crippen LogP contribution in [-0.4, -0.2) is 7.11 Å². The number of hydrogen-bond donors (Lipinski definition) is 1. The zero-order valence-corrected chi connectivity index (χ0v) is 17.3. The van der Waals surface area contributed by atoms with Crippen molar-refractivity contribution in [3.05, 3.63) is 88.0 Å². The van der Waals surface area contributed by atoms with Crippen molar-refractivity contribution < 1.29 is 31.1 Å². The first-order valence-electron chi connectivity index (χ1n) is 9.15. The quantitative estimate of drug-likeness (QED) is 0.182. The van der Waals surface area contributed by atoms with E-state index in [2.05, 4.69) is 4.72 Å². The molecule has 3 aromatic rings. The molecule has 0 fully saturated rings. The molecule has 0 atom stereocenters. The van der Waals surface area contributed by atoms with Gasteiger partial charge >= 0.3 is 0 Å². The standard InChI is InChI=1S/C22H17F6NOS/c1-3-12-5-4-11(9-15(12)23)8-14-18(25)19(26)20(27)21(28)22(14)31-29-13-6-7-17(30-2)16(24)10-13/h4-7,9-10,29H,3,8H2,1-2H3. The van der Waals surface area contributed by atoms with E-state index < -0.39 is 45.4 Å². The summed E-state index contributed by atoms with van der Waals surface area (Å²) in [5.74, 6) is -8.40. The summed E-state index contributed by atoms with van der Waals surface area (Å²) >= 11 is 0.444. The maximum atomic E-state index is 14.5. The summed E-state index contributed by atoms with van der Waals surface area (Å²) in [6.07, 6.45) is 0.0472. The van der Waals surface area contributed by atoms with Crippen LogP contribution in [0.2, 0.25) is 0 Å². The number of hydrogen-bond acceptors (Lipinski definition) is 3. The highest BCUT2D eigenvalue weighted by atomic mass is 32.2. The average molecular weight is 457 g/mol. The molecule has 0 aliphatic rings. The van der Waals surface area contributed by atoms with E-state index in [1.807, 2.05) is 0 Å². The van der Waals surface area contributed by atoms with Gasteiger partial charge in [0.2, 0.25) is 0 Å². The second-order valence-electron chi connectivity index (χ2n) is 6.57. The fraction of sp³-hybridized carbons (Fsp3) is 0.182. The van der Waals surface area contributed by atoms with Gasteiger partial charge in [0.25, 0.3) is 0 Å². The second-order valence-corrected chi connectivity index (χ2v) is 7.39. The number of rotatable bonds is 7. The van der Waals surface area contributed by atoms with E-state index in [1.54, 1.807) is 6.92 Å². The van der Waals surface area contributed by atoms with Gasteiger partial charge in [-0.2, -0.15) is 0 Å². The lowest BCUT2D eigenvalue weighted by molar-refractivity contribution is 0.387. The molecule has 3 aromatic carbocycles. The Morgan fingerprint density at radius 2 is 1.55 bits per heavy atom. The third-order valence-electron chi connectivity index (χ3n) is 4.62. The van der Waals surface area contributed by atoms with E-state index in [-0.39, 0.29) is 23.4 Å². The van der Waals surface area contributed by atoms with Crippen LogP contribution >= 0.6 is 11.9 Å².